The van der Waals surface area contributed by atoms with E-state index < -0.39 is 12.8 Å². The summed E-state index contributed by atoms with van der Waals surface area (Å²) in [5, 5.41) is 2.67. The van der Waals surface area contributed by atoms with Crippen LogP contribution in [0.15, 0.2) is 39.5 Å². The number of amides is 2. The molecule has 0 saturated carbocycles. The number of pyridine rings is 1. The Labute approximate surface area is 150 Å². The minimum Gasteiger partial charge on any atom is -0.468 e. The summed E-state index contributed by atoms with van der Waals surface area (Å²) in [5.74, 6) is 0.491. The molecule has 2 aromatic heterocycles. The Morgan fingerprint density at radius 2 is 2.12 bits per heavy atom. The van der Waals surface area contributed by atoms with Crippen LogP contribution in [0.5, 0.6) is 5.88 Å². The van der Waals surface area contributed by atoms with Crippen LogP contribution in [0.25, 0.3) is 0 Å². The lowest BCUT2D eigenvalue weighted by molar-refractivity contribution is -0.154. The Bertz CT molecular complexity index is 704. The number of ether oxygens (including phenoxy) is 1. The van der Waals surface area contributed by atoms with Gasteiger partial charge in [-0.05, 0) is 33.6 Å². The van der Waals surface area contributed by atoms with E-state index in [0.717, 1.165) is 0 Å². The van der Waals surface area contributed by atoms with Crippen LogP contribution in [0.2, 0.25) is 0 Å². The fourth-order valence-corrected chi connectivity index (χ4v) is 2.15. The number of carbonyl (C=O) groups is 1. The van der Waals surface area contributed by atoms with Crippen molar-refractivity contribution in [1.82, 2.24) is 15.2 Å². The van der Waals surface area contributed by atoms with Crippen molar-refractivity contribution in [3.63, 3.8) is 0 Å². The zero-order chi connectivity index (χ0) is 18.4. The molecule has 0 fully saturated rings. The number of nitrogens with one attached hydrogen (secondary N) is 1. The van der Waals surface area contributed by atoms with E-state index in [4.69, 9.17) is 4.42 Å². The highest BCUT2D eigenvalue weighted by Gasteiger charge is 2.28. The summed E-state index contributed by atoms with van der Waals surface area (Å²) < 4.78 is 46.6. The summed E-state index contributed by atoms with van der Waals surface area (Å²) >= 11 is 3.18. The molecular weight excluding hydrogens is 407 g/mol. The second-order valence-electron chi connectivity index (χ2n) is 5.13. The van der Waals surface area contributed by atoms with Gasteiger partial charge < -0.3 is 19.4 Å². The van der Waals surface area contributed by atoms with Crippen molar-refractivity contribution in [3.05, 3.63) is 46.5 Å². The van der Waals surface area contributed by atoms with E-state index in [0.29, 0.717) is 22.5 Å². The van der Waals surface area contributed by atoms with Gasteiger partial charge in [0, 0.05) is 25.9 Å². The van der Waals surface area contributed by atoms with Crippen LogP contribution < -0.4 is 10.1 Å². The third-order valence-electron chi connectivity index (χ3n) is 2.99. The molecule has 0 saturated heterocycles. The average Bonchev–Trinajstić information content (AvgIpc) is 2.95. The topological polar surface area (TPSA) is 67.6 Å². The summed E-state index contributed by atoms with van der Waals surface area (Å²) in [6.07, 6.45) is -3.07. The van der Waals surface area contributed by atoms with Crippen molar-refractivity contribution in [2.45, 2.75) is 19.3 Å². The van der Waals surface area contributed by atoms with Gasteiger partial charge in [0.05, 0.1) is 6.54 Å². The molecule has 0 unspecified atom stereocenters. The average molecular weight is 422 g/mol. The third kappa shape index (κ3) is 6.65. The minimum absolute atomic E-state index is 0.132. The summed E-state index contributed by atoms with van der Waals surface area (Å²) in [7, 11) is 1.61. The molecule has 2 rings (SSSR count). The maximum absolute atomic E-state index is 12.0. The van der Waals surface area contributed by atoms with E-state index in [-0.39, 0.29) is 18.5 Å². The molecule has 0 aromatic carbocycles. The van der Waals surface area contributed by atoms with Gasteiger partial charge in [-0.2, -0.15) is 13.2 Å². The van der Waals surface area contributed by atoms with Crippen molar-refractivity contribution < 1.29 is 27.1 Å². The van der Waals surface area contributed by atoms with Crippen LogP contribution in [0, 0.1) is 0 Å². The number of hydrogen-bond donors (Lipinski definition) is 1. The molecule has 0 aliphatic heterocycles. The molecule has 0 bridgehead atoms. The van der Waals surface area contributed by atoms with E-state index in [9.17, 15) is 18.0 Å². The van der Waals surface area contributed by atoms with Gasteiger partial charge in [0.2, 0.25) is 5.88 Å². The van der Waals surface area contributed by atoms with Crippen molar-refractivity contribution >= 4 is 22.0 Å². The van der Waals surface area contributed by atoms with Crippen LogP contribution in [0.3, 0.4) is 0 Å². The number of aromatic nitrogens is 1. The number of halogens is 4. The molecule has 10 heteroatoms. The molecule has 0 atom stereocenters. The first-order valence-electron chi connectivity index (χ1n) is 7.10. The van der Waals surface area contributed by atoms with Crippen LogP contribution in [-0.2, 0) is 13.1 Å². The molecule has 0 aliphatic carbocycles. The molecule has 25 heavy (non-hydrogen) atoms. The Morgan fingerprint density at radius 1 is 1.36 bits per heavy atom. The van der Waals surface area contributed by atoms with E-state index in [1.54, 1.807) is 19.2 Å². The lowest BCUT2D eigenvalue weighted by Gasteiger charge is -2.16. The molecule has 2 aromatic rings. The van der Waals surface area contributed by atoms with Gasteiger partial charge in [0.25, 0.3) is 0 Å². The molecule has 0 aliphatic rings. The lowest BCUT2D eigenvalue weighted by Crippen LogP contribution is -2.36. The van der Waals surface area contributed by atoms with Gasteiger partial charge in [-0.3, -0.25) is 0 Å². The van der Waals surface area contributed by atoms with Gasteiger partial charge in [-0.1, -0.05) is 6.07 Å². The SMILES string of the molecule is CN(Cc1ccc(Br)o1)C(=O)NCc1ccc(OCC(F)(F)F)nc1. The quantitative estimate of drug-likeness (QED) is 0.771. The largest absolute Gasteiger partial charge is 0.468 e. The second kappa shape index (κ2) is 8.24. The number of furan rings is 1. The fourth-order valence-electron chi connectivity index (χ4n) is 1.81. The van der Waals surface area contributed by atoms with E-state index >= 15 is 0 Å². The number of urea groups is 1. The van der Waals surface area contributed by atoms with Gasteiger partial charge in [-0.15, -0.1) is 0 Å². The fraction of sp³-hybridized carbons (Fsp3) is 0.333. The van der Waals surface area contributed by atoms with E-state index in [1.165, 1.54) is 23.2 Å². The monoisotopic (exact) mass is 421 g/mol. The minimum atomic E-state index is -4.41. The normalized spacial score (nSPS) is 11.2. The van der Waals surface area contributed by atoms with Crippen molar-refractivity contribution in [2.75, 3.05) is 13.7 Å². The molecule has 0 radical (unpaired) electrons. The Hall–Kier alpha value is -2.23. The smallest absolute Gasteiger partial charge is 0.422 e. The highest BCUT2D eigenvalue weighted by Crippen LogP contribution is 2.17. The molecule has 2 heterocycles. The zero-order valence-electron chi connectivity index (χ0n) is 13.1. The maximum atomic E-state index is 12.0. The first-order valence-corrected chi connectivity index (χ1v) is 7.90. The number of nitrogens with zero attached hydrogens (tertiary/aromatic N) is 2. The highest BCUT2D eigenvalue weighted by molar-refractivity contribution is 9.10. The van der Waals surface area contributed by atoms with E-state index in [2.05, 4.69) is 31.0 Å². The van der Waals surface area contributed by atoms with Gasteiger partial charge in [0.15, 0.2) is 11.3 Å². The Morgan fingerprint density at radius 3 is 2.68 bits per heavy atom. The Kier molecular flexibility index (Phi) is 6.29. The molecule has 6 nitrogen and oxygen atoms in total. The molecule has 1 N–H and O–H groups in total. The van der Waals surface area contributed by atoms with Gasteiger partial charge in [0.1, 0.15) is 5.76 Å². The molecular formula is C15H15BrF3N3O3. The van der Waals surface area contributed by atoms with Gasteiger partial charge >= 0.3 is 12.2 Å². The van der Waals surface area contributed by atoms with Crippen LogP contribution >= 0.6 is 15.9 Å². The van der Waals surface area contributed by atoms with Gasteiger partial charge in [-0.25, -0.2) is 9.78 Å². The number of carbonyl (C=O) groups excluding carboxylic acids is 1. The predicted molar refractivity (Wildman–Crippen MR) is 85.9 cm³/mol. The number of hydrogen-bond acceptors (Lipinski definition) is 4. The first-order chi connectivity index (χ1) is 11.7. The summed E-state index contributed by atoms with van der Waals surface area (Å²) in [5.41, 5.74) is 0.627. The molecule has 0 spiro atoms. The molecule has 2 amide bonds. The lowest BCUT2D eigenvalue weighted by atomic mass is 10.3. The zero-order valence-corrected chi connectivity index (χ0v) is 14.7. The second-order valence-corrected chi connectivity index (χ2v) is 5.91. The first kappa shape index (κ1) is 19.1. The van der Waals surface area contributed by atoms with Crippen molar-refractivity contribution in [3.8, 4) is 5.88 Å². The van der Waals surface area contributed by atoms with Crippen LogP contribution in [-0.4, -0.2) is 35.7 Å². The number of rotatable bonds is 6. The van der Waals surface area contributed by atoms with Crippen molar-refractivity contribution in [2.24, 2.45) is 0 Å². The summed E-state index contributed by atoms with van der Waals surface area (Å²) in [4.78, 5) is 17.2. The van der Waals surface area contributed by atoms with Crippen molar-refractivity contribution in [1.29, 1.82) is 0 Å². The summed E-state index contributed by atoms with van der Waals surface area (Å²) in [6, 6.07) is 6.00. The summed E-state index contributed by atoms with van der Waals surface area (Å²) in [6.45, 7) is -0.929. The predicted octanol–water partition coefficient (Wildman–Crippen LogP) is 3.72. The van der Waals surface area contributed by atoms with Crippen LogP contribution in [0.4, 0.5) is 18.0 Å². The standard InChI is InChI=1S/C15H15BrF3N3O3/c1-22(8-11-3-4-12(16)25-11)14(23)21-7-10-2-5-13(20-6-10)24-9-15(17,18)19/h2-6H,7-9H2,1H3,(H,21,23). The Balaban J connectivity index is 1.79. The molecule has 136 valence electrons. The van der Waals surface area contributed by atoms with Crippen LogP contribution in [0.1, 0.15) is 11.3 Å². The third-order valence-corrected chi connectivity index (χ3v) is 3.42. The van der Waals surface area contributed by atoms with E-state index in [1.807, 2.05) is 0 Å². The number of alkyl halides is 3. The highest BCUT2D eigenvalue weighted by atomic mass is 79.9. The maximum Gasteiger partial charge on any atom is 0.422 e.